The van der Waals surface area contributed by atoms with E-state index in [1.165, 1.54) is 6.20 Å². The number of fused-ring (bicyclic) bond motifs is 1. The van der Waals surface area contributed by atoms with Gasteiger partial charge in [0.2, 0.25) is 0 Å². The Morgan fingerprint density at radius 2 is 2.17 bits per heavy atom. The zero-order valence-corrected chi connectivity index (χ0v) is 9.71. The Balaban J connectivity index is 2.22. The fourth-order valence-electron chi connectivity index (χ4n) is 1.87. The first-order chi connectivity index (χ1) is 8.65. The highest BCUT2D eigenvalue weighted by atomic mass is 16.1. The topological polar surface area (TPSA) is 89.6 Å². The highest BCUT2D eigenvalue weighted by molar-refractivity contribution is 5.83. The van der Waals surface area contributed by atoms with Crippen molar-refractivity contribution in [3.63, 3.8) is 0 Å². The van der Waals surface area contributed by atoms with Gasteiger partial charge in [-0.1, -0.05) is 6.07 Å². The Bertz CT molecular complexity index is 787. The predicted octanol–water partition coefficient (Wildman–Crippen LogP) is 0.906. The van der Waals surface area contributed by atoms with Gasteiger partial charge in [-0.05, 0) is 17.7 Å². The van der Waals surface area contributed by atoms with E-state index in [0.717, 1.165) is 16.6 Å². The maximum absolute atomic E-state index is 11.1. The lowest BCUT2D eigenvalue weighted by atomic mass is 10.1. The fourth-order valence-corrected chi connectivity index (χ4v) is 1.87. The molecule has 0 fully saturated rings. The lowest BCUT2D eigenvalue weighted by Crippen LogP contribution is -2.04. The number of nitrogens with one attached hydrogen (secondary N) is 1. The molecule has 2 aromatic heterocycles. The molecular weight excluding hydrogens is 230 g/mol. The lowest BCUT2D eigenvalue weighted by molar-refractivity contribution is 0.779. The van der Waals surface area contributed by atoms with Crippen LogP contribution in [0.4, 0.5) is 5.82 Å². The van der Waals surface area contributed by atoms with E-state index in [0.29, 0.717) is 11.3 Å². The quantitative estimate of drug-likeness (QED) is 0.662. The molecule has 3 rings (SSSR count). The summed E-state index contributed by atoms with van der Waals surface area (Å²) in [7, 11) is 1.79. The van der Waals surface area contributed by atoms with Crippen LogP contribution < -0.4 is 11.3 Å². The van der Waals surface area contributed by atoms with E-state index in [2.05, 4.69) is 15.1 Å². The van der Waals surface area contributed by atoms with E-state index in [-0.39, 0.29) is 5.56 Å². The van der Waals surface area contributed by atoms with Gasteiger partial charge in [0, 0.05) is 12.6 Å². The summed E-state index contributed by atoms with van der Waals surface area (Å²) < 4.78 is 1.61. The van der Waals surface area contributed by atoms with Crippen LogP contribution in [0.5, 0.6) is 0 Å². The third-order valence-electron chi connectivity index (χ3n) is 2.87. The highest BCUT2D eigenvalue weighted by Crippen LogP contribution is 2.26. The first-order valence-electron chi connectivity index (χ1n) is 5.42. The second kappa shape index (κ2) is 3.69. The lowest BCUT2D eigenvalue weighted by Gasteiger charge is -2.02. The molecule has 18 heavy (non-hydrogen) atoms. The number of nitrogens with two attached hydrogens (primary N) is 1. The average Bonchev–Trinajstić information content (AvgIpc) is 2.69. The molecule has 1 aromatic carbocycles. The molecule has 0 aliphatic rings. The average molecular weight is 241 g/mol. The Hall–Kier alpha value is -2.63. The van der Waals surface area contributed by atoms with Crippen molar-refractivity contribution in [2.24, 2.45) is 7.05 Å². The molecule has 2 heterocycles. The number of benzene rings is 1. The molecule has 3 N–H and O–H groups in total. The standard InChI is InChI=1S/C12H11N5O/c1-17-12(13)8(5-15-17)7-2-3-9-10(4-7)14-6-11(18)16-9/h2-6H,13H2,1H3,(H,16,18). The zero-order chi connectivity index (χ0) is 12.7. The fraction of sp³-hybridized carbons (Fsp3) is 0.0833. The van der Waals surface area contributed by atoms with E-state index >= 15 is 0 Å². The van der Waals surface area contributed by atoms with Crippen molar-refractivity contribution in [1.82, 2.24) is 19.7 Å². The van der Waals surface area contributed by atoms with Gasteiger partial charge < -0.3 is 10.7 Å². The van der Waals surface area contributed by atoms with Gasteiger partial charge in [0.1, 0.15) is 5.82 Å². The van der Waals surface area contributed by atoms with Crippen molar-refractivity contribution in [2.45, 2.75) is 0 Å². The Kier molecular flexibility index (Phi) is 2.16. The van der Waals surface area contributed by atoms with Gasteiger partial charge in [-0.2, -0.15) is 5.10 Å². The van der Waals surface area contributed by atoms with Crippen LogP contribution in [0.25, 0.3) is 22.2 Å². The molecule has 0 saturated carbocycles. The molecule has 0 aliphatic heterocycles. The molecule has 6 heteroatoms. The Morgan fingerprint density at radius 3 is 2.89 bits per heavy atom. The molecule has 90 valence electrons. The number of anilines is 1. The summed E-state index contributed by atoms with van der Waals surface area (Å²) in [4.78, 5) is 18.0. The molecule has 0 saturated heterocycles. The van der Waals surface area contributed by atoms with Crippen molar-refractivity contribution in [3.05, 3.63) is 40.9 Å². The van der Waals surface area contributed by atoms with Crippen molar-refractivity contribution < 1.29 is 0 Å². The molecule has 0 radical (unpaired) electrons. The number of nitrogen functional groups attached to an aromatic ring is 1. The highest BCUT2D eigenvalue weighted by Gasteiger charge is 2.08. The summed E-state index contributed by atoms with van der Waals surface area (Å²) in [5.74, 6) is 0.596. The maximum Gasteiger partial charge on any atom is 0.266 e. The van der Waals surface area contributed by atoms with Gasteiger partial charge >= 0.3 is 0 Å². The number of nitrogens with zero attached hydrogens (tertiary/aromatic N) is 3. The molecular formula is C12H11N5O. The molecule has 3 aromatic rings. The molecule has 0 aliphatic carbocycles. The third kappa shape index (κ3) is 1.55. The summed E-state index contributed by atoms with van der Waals surface area (Å²) in [5, 5.41) is 4.10. The Morgan fingerprint density at radius 1 is 1.33 bits per heavy atom. The minimum atomic E-state index is -0.212. The van der Waals surface area contributed by atoms with E-state index in [9.17, 15) is 4.79 Å². The van der Waals surface area contributed by atoms with E-state index in [1.807, 2.05) is 18.2 Å². The van der Waals surface area contributed by atoms with Gasteiger partial charge in [0.15, 0.2) is 0 Å². The van der Waals surface area contributed by atoms with Crippen LogP contribution in [-0.4, -0.2) is 19.7 Å². The summed E-state index contributed by atoms with van der Waals surface area (Å²) in [6.07, 6.45) is 2.97. The first-order valence-corrected chi connectivity index (χ1v) is 5.42. The molecule has 0 spiro atoms. The normalized spacial score (nSPS) is 10.9. The molecule has 0 atom stereocenters. The minimum Gasteiger partial charge on any atom is -0.383 e. The number of hydrogen-bond acceptors (Lipinski definition) is 4. The van der Waals surface area contributed by atoms with E-state index in [4.69, 9.17) is 5.73 Å². The molecule has 0 bridgehead atoms. The molecule has 0 unspecified atom stereocenters. The number of aryl methyl sites for hydroxylation is 1. The van der Waals surface area contributed by atoms with Crippen molar-refractivity contribution in [3.8, 4) is 11.1 Å². The maximum atomic E-state index is 11.1. The van der Waals surface area contributed by atoms with Crippen LogP contribution in [0.1, 0.15) is 0 Å². The summed E-state index contributed by atoms with van der Waals surface area (Å²) in [5.41, 5.74) is 8.91. The van der Waals surface area contributed by atoms with Crippen LogP contribution >= 0.6 is 0 Å². The van der Waals surface area contributed by atoms with Gasteiger partial charge in [-0.15, -0.1) is 0 Å². The second-order valence-electron chi connectivity index (χ2n) is 4.05. The van der Waals surface area contributed by atoms with Gasteiger partial charge in [-0.3, -0.25) is 9.48 Å². The third-order valence-corrected chi connectivity index (χ3v) is 2.87. The van der Waals surface area contributed by atoms with E-state index < -0.39 is 0 Å². The zero-order valence-electron chi connectivity index (χ0n) is 9.71. The summed E-state index contributed by atoms with van der Waals surface area (Å²) in [6, 6.07) is 5.57. The van der Waals surface area contributed by atoms with Crippen LogP contribution in [0, 0.1) is 0 Å². The van der Waals surface area contributed by atoms with Gasteiger partial charge in [0.05, 0.1) is 23.4 Å². The van der Waals surface area contributed by atoms with Crippen LogP contribution in [0.2, 0.25) is 0 Å². The van der Waals surface area contributed by atoms with Crippen LogP contribution in [0.3, 0.4) is 0 Å². The van der Waals surface area contributed by atoms with Crippen molar-refractivity contribution in [2.75, 3.05) is 5.73 Å². The number of aromatic nitrogens is 4. The number of aromatic amines is 1. The largest absolute Gasteiger partial charge is 0.383 e. The van der Waals surface area contributed by atoms with Gasteiger partial charge in [-0.25, -0.2) is 4.98 Å². The summed E-state index contributed by atoms with van der Waals surface area (Å²) >= 11 is 0. The Labute approximate surface area is 102 Å². The number of hydrogen-bond donors (Lipinski definition) is 2. The van der Waals surface area contributed by atoms with Crippen molar-refractivity contribution >= 4 is 16.9 Å². The number of H-pyrrole nitrogens is 1. The SMILES string of the molecule is Cn1ncc(-c2ccc3[nH]c(=O)cnc3c2)c1N. The first kappa shape index (κ1) is 10.5. The van der Waals surface area contributed by atoms with Crippen LogP contribution in [0.15, 0.2) is 35.4 Å². The van der Waals surface area contributed by atoms with E-state index in [1.54, 1.807) is 17.9 Å². The van der Waals surface area contributed by atoms with Crippen LogP contribution in [-0.2, 0) is 7.05 Å². The van der Waals surface area contributed by atoms with Gasteiger partial charge in [0.25, 0.3) is 5.56 Å². The number of rotatable bonds is 1. The molecule has 6 nitrogen and oxygen atoms in total. The smallest absolute Gasteiger partial charge is 0.266 e. The second-order valence-corrected chi connectivity index (χ2v) is 4.05. The summed E-state index contributed by atoms with van der Waals surface area (Å²) in [6.45, 7) is 0. The van der Waals surface area contributed by atoms with Crippen molar-refractivity contribution in [1.29, 1.82) is 0 Å². The monoisotopic (exact) mass is 241 g/mol. The minimum absolute atomic E-state index is 0.212. The molecule has 0 amide bonds. The predicted molar refractivity (Wildman–Crippen MR) is 69.0 cm³/mol.